The number of thioether (sulfide) groups is 1. The molecule has 1 unspecified atom stereocenters. The Balaban J connectivity index is 1.50. The number of likely N-dealkylation sites (tertiary alicyclic amines) is 1. The van der Waals surface area contributed by atoms with E-state index in [9.17, 15) is 9.59 Å². The summed E-state index contributed by atoms with van der Waals surface area (Å²) >= 11 is 1.87. The molecule has 26 heavy (non-hydrogen) atoms. The van der Waals surface area contributed by atoms with Gasteiger partial charge in [-0.25, -0.2) is 9.78 Å². The number of piperidine rings is 1. The molecule has 0 radical (unpaired) electrons. The Hall–Kier alpha value is -1.96. The maximum Gasteiger partial charge on any atom is 0.409 e. The molecule has 142 valence electrons. The average Bonchev–Trinajstić information content (AvgIpc) is 3.16. The highest BCUT2D eigenvalue weighted by Gasteiger charge is 2.25. The molecule has 1 N–H and O–H groups in total. The van der Waals surface area contributed by atoms with Crippen molar-refractivity contribution in [1.82, 2.24) is 15.2 Å². The van der Waals surface area contributed by atoms with Crippen molar-refractivity contribution in [2.24, 2.45) is 0 Å². The molecule has 2 amide bonds. The first-order chi connectivity index (χ1) is 12.7. The number of pyridine rings is 1. The Morgan fingerprint density at radius 2 is 2.15 bits per heavy atom. The van der Waals surface area contributed by atoms with Gasteiger partial charge in [-0.2, -0.15) is 11.8 Å². The minimum absolute atomic E-state index is 0.0527. The second kappa shape index (κ2) is 9.12. The Morgan fingerprint density at radius 1 is 1.35 bits per heavy atom. The number of rotatable bonds is 5. The highest BCUT2D eigenvalue weighted by molar-refractivity contribution is 7.99. The molecular weight excluding hydrogens is 354 g/mol. The van der Waals surface area contributed by atoms with Gasteiger partial charge in [0, 0.05) is 42.7 Å². The normalized spacial score (nSPS) is 20.7. The molecule has 1 atom stereocenters. The molecule has 3 heterocycles. The summed E-state index contributed by atoms with van der Waals surface area (Å²) in [6, 6.07) is 3.45. The number of aromatic nitrogens is 1. The fourth-order valence-electron chi connectivity index (χ4n) is 3.08. The highest BCUT2D eigenvalue weighted by atomic mass is 32.2. The van der Waals surface area contributed by atoms with E-state index in [0.29, 0.717) is 31.1 Å². The molecule has 0 saturated carbocycles. The predicted molar refractivity (Wildman–Crippen MR) is 99.7 cm³/mol. The summed E-state index contributed by atoms with van der Waals surface area (Å²) in [6.45, 7) is 3.35. The Labute approximate surface area is 157 Å². The number of nitrogens with one attached hydrogen (secondary N) is 1. The van der Waals surface area contributed by atoms with Crippen molar-refractivity contribution in [3.8, 4) is 5.88 Å². The van der Waals surface area contributed by atoms with Crippen LogP contribution >= 0.6 is 11.8 Å². The van der Waals surface area contributed by atoms with E-state index in [1.807, 2.05) is 11.8 Å². The van der Waals surface area contributed by atoms with Gasteiger partial charge in [0.1, 0.15) is 6.10 Å². The molecule has 2 aliphatic heterocycles. The van der Waals surface area contributed by atoms with Gasteiger partial charge >= 0.3 is 6.09 Å². The van der Waals surface area contributed by atoms with E-state index >= 15 is 0 Å². The van der Waals surface area contributed by atoms with E-state index in [4.69, 9.17) is 9.47 Å². The molecule has 2 saturated heterocycles. The van der Waals surface area contributed by atoms with Crippen molar-refractivity contribution in [2.75, 3.05) is 31.2 Å². The fourth-order valence-corrected chi connectivity index (χ4v) is 4.18. The van der Waals surface area contributed by atoms with Crippen LogP contribution in [0, 0.1) is 0 Å². The fraction of sp³-hybridized carbons (Fsp3) is 0.611. The molecule has 1 aromatic heterocycles. The van der Waals surface area contributed by atoms with Crippen molar-refractivity contribution in [1.29, 1.82) is 0 Å². The first-order valence-corrected chi connectivity index (χ1v) is 10.2. The maximum atomic E-state index is 12.5. The van der Waals surface area contributed by atoms with Crippen LogP contribution in [0.3, 0.4) is 0 Å². The summed E-state index contributed by atoms with van der Waals surface area (Å²) in [5, 5.41) is 3.04. The Bertz CT molecular complexity index is 629. The minimum Gasteiger partial charge on any atom is -0.473 e. The first kappa shape index (κ1) is 18.8. The number of hydrogen-bond acceptors (Lipinski definition) is 6. The van der Waals surface area contributed by atoms with Gasteiger partial charge in [0.2, 0.25) is 5.88 Å². The van der Waals surface area contributed by atoms with Crippen LogP contribution in [-0.2, 0) is 4.74 Å². The lowest BCUT2D eigenvalue weighted by Crippen LogP contribution is -2.46. The summed E-state index contributed by atoms with van der Waals surface area (Å²) in [5.41, 5.74) is 0.550. The highest BCUT2D eigenvalue weighted by Crippen LogP contribution is 2.22. The molecule has 2 fully saturated rings. The number of hydrogen-bond donors (Lipinski definition) is 1. The van der Waals surface area contributed by atoms with Gasteiger partial charge in [0.25, 0.3) is 5.91 Å². The zero-order valence-corrected chi connectivity index (χ0v) is 15.8. The van der Waals surface area contributed by atoms with E-state index < -0.39 is 0 Å². The van der Waals surface area contributed by atoms with Crippen molar-refractivity contribution in [3.05, 3.63) is 23.9 Å². The second-order valence-electron chi connectivity index (χ2n) is 6.42. The minimum atomic E-state index is -0.279. The van der Waals surface area contributed by atoms with E-state index in [0.717, 1.165) is 30.8 Å². The maximum absolute atomic E-state index is 12.5. The average molecular weight is 379 g/mol. The zero-order valence-electron chi connectivity index (χ0n) is 15.0. The summed E-state index contributed by atoms with van der Waals surface area (Å²) in [4.78, 5) is 30.1. The molecule has 7 nitrogen and oxygen atoms in total. The third-order valence-electron chi connectivity index (χ3n) is 4.53. The van der Waals surface area contributed by atoms with Crippen LogP contribution in [0.25, 0.3) is 0 Å². The quantitative estimate of drug-likeness (QED) is 0.846. The van der Waals surface area contributed by atoms with Crippen LogP contribution in [0.4, 0.5) is 4.79 Å². The SMILES string of the molecule is CCOC(=O)N1CCC(NC(=O)c2ccnc(OC3CCSC3)c2)CC1. The monoisotopic (exact) mass is 379 g/mol. The molecule has 0 spiro atoms. The van der Waals surface area contributed by atoms with E-state index in [1.165, 1.54) is 0 Å². The van der Waals surface area contributed by atoms with E-state index in [1.54, 1.807) is 30.2 Å². The van der Waals surface area contributed by atoms with Crippen LogP contribution in [0.2, 0.25) is 0 Å². The molecule has 1 aromatic rings. The van der Waals surface area contributed by atoms with Gasteiger partial charge in [0.15, 0.2) is 0 Å². The smallest absolute Gasteiger partial charge is 0.409 e. The number of nitrogens with zero attached hydrogens (tertiary/aromatic N) is 2. The van der Waals surface area contributed by atoms with Crippen LogP contribution in [0.5, 0.6) is 5.88 Å². The van der Waals surface area contributed by atoms with Gasteiger partial charge in [-0.3, -0.25) is 4.79 Å². The number of carbonyl (C=O) groups is 2. The first-order valence-electron chi connectivity index (χ1n) is 9.08. The topological polar surface area (TPSA) is 80.8 Å². The van der Waals surface area contributed by atoms with Gasteiger partial charge in [-0.15, -0.1) is 0 Å². The van der Waals surface area contributed by atoms with Crippen LogP contribution in [0.1, 0.15) is 36.5 Å². The second-order valence-corrected chi connectivity index (χ2v) is 7.57. The number of ether oxygens (including phenoxy) is 2. The molecule has 0 aliphatic carbocycles. The largest absolute Gasteiger partial charge is 0.473 e. The van der Waals surface area contributed by atoms with Gasteiger partial charge < -0.3 is 19.7 Å². The standard InChI is InChI=1S/C18H25N3O4S/c1-2-24-18(23)21-8-4-14(5-9-21)20-17(22)13-3-7-19-16(11-13)25-15-6-10-26-12-15/h3,7,11,14-15H,2,4-6,8-10,12H2,1H3,(H,20,22). The van der Waals surface area contributed by atoms with Crippen LogP contribution in [-0.4, -0.2) is 65.2 Å². The Kier molecular flexibility index (Phi) is 6.60. The number of carbonyl (C=O) groups excluding carboxylic acids is 2. The summed E-state index contributed by atoms with van der Waals surface area (Å²) < 4.78 is 10.9. The molecule has 8 heteroatoms. The van der Waals surface area contributed by atoms with Crippen LogP contribution < -0.4 is 10.1 Å². The number of amides is 2. The third-order valence-corrected chi connectivity index (χ3v) is 5.66. The van der Waals surface area contributed by atoms with E-state index in [2.05, 4.69) is 10.3 Å². The molecule has 0 aromatic carbocycles. The lowest BCUT2D eigenvalue weighted by molar-refractivity contribution is 0.0859. The molecule has 2 aliphatic rings. The van der Waals surface area contributed by atoms with E-state index in [-0.39, 0.29) is 24.1 Å². The van der Waals surface area contributed by atoms with Crippen molar-refractivity contribution in [3.63, 3.8) is 0 Å². The van der Waals surface area contributed by atoms with Crippen molar-refractivity contribution in [2.45, 2.75) is 38.3 Å². The zero-order chi connectivity index (χ0) is 18.4. The third kappa shape index (κ3) is 5.03. The Morgan fingerprint density at radius 3 is 2.85 bits per heavy atom. The summed E-state index contributed by atoms with van der Waals surface area (Å²) in [6.07, 6.45) is 3.96. The predicted octanol–water partition coefficient (Wildman–Crippen LogP) is 2.32. The molecular formula is C18H25N3O4S. The lowest BCUT2D eigenvalue weighted by Gasteiger charge is -2.31. The van der Waals surface area contributed by atoms with Crippen molar-refractivity contribution < 1.29 is 19.1 Å². The van der Waals surface area contributed by atoms with Crippen molar-refractivity contribution >= 4 is 23.8 Å². The lowest BCUT2D eigenvalue weighted by atomic mass is 10.0. The molecule has 3 rings (SSSR count). The van der Waals surface area contributed by atoms with Gasteiger partial charge in [-0.05, 0) is 38.0 Å². The molecule has 0 bridgehead atoms. The summed E-state index contributed by atoms with van der Waals surface area (Å²) in [5.74, 6) is 2.45. The van der Waals surface area contributed by atoms with Gasteiger partial charge in [0.05, 0.1) is 6.61 Å². The van der Waals surface area contributed by atoms with Crippen LogP contribution in [0.15, 0.2) is 18.3 Å². The van der Waals surface area contributed by atoms with Gasteiger partial charge in [-0.1, -0.05) is 0 Å². The summed E-state index contributed by atoms with van der Waals surface area (Å²) in [7, 11) is 0.